The molecule has 84 valence electrons. The van der Waals surface area contributed by atoms with E-state index in [1.54, 1.807) is 19.4 Å². The monoisotopic (exact) mass is 211 g/mol. The third-order valence-electron chi connectivity index (χ3n) is 2.10. The van der Waals surface area contributed by atoms with Crippen LogP contribution in [0.3, 0.4) is 0 Å². The van der Waals surface area contributed by atoms with E-state index in [0.29, 0.717) is 32.0 Å². The van der Waals surface area contributed by atoms with Crippen LogP contribution in [0, 0.1) is 0 Å². The van der Waals surface area contributed by atoms with Crippen LogP contribution in [-0.4, -0.2) is 35.7 Å². The standard InChI is InChI=1S/C9H17N5O/c1-13-7-4-12-8(9(13)15)14(5-2-10)6-3-11/h4,7H,2-3,5-6,10-11H2,1H3. The Morgan fingerprint density at radius 1 is 1.40 bits per heavy atom. The third kappa shape index (κ3) is 2.77. The van der Waals surface area contributed by atoms with Crippen LogP contribution in [-0.2, 0) is 7.05 Å². The number of hydrogen-bond acceptors (Lipinski definition) is 5. The zero-order valence-corrected chi connectivity index (χ0v) is 8.89. The van der Waals surface area contributed by atoms with Gasteiger partial charge in [-0.2, -0.15) is 0 Å². The molecule has 0 aromatic carbocycles. The molecule has 6 nitrogen and oxygen atoms in total. The lowest BCUT2D eigenvalue weighted by Gasteiger charge is -2.21. The molecule has 0 saturated heterocycles. The second kappa shape index (κ2) is 5.47. The zero-order chi connectivity index (χ0) is 11.3. The molecule has 0 bridgehead atoms. The van der Waals surface area contributed by atoms with Gasteiger partial charge in [0.25, 0.3) is 5.56 Å². The topological polar surface area (TPSA) is 90.2 Å². The minimum atomic E-state index is -0.126. The van der Waals surface area contributed by atoms with Crippen molar-refractivity contribution in [2.75, 3.05) is 31.1 Å². The number of nitrogens with two attached hydrogens (primary N) is 2. The maximum Gasteiger partial charge on any atom is 0.293 e. The van der Waals surface area contributed by atoms with Gasteiger partial charge in [0.2, 0.25) is 0 Å². The molecule has 0 aliphatic rings. The number of rotatable bonds is 5. The van der Waals surface area contributed by atoms with Gasteiger partial charge in [-0.05, 0) is 0 Å². The SMILES string of the molecule is Cn1ccnc(N(CCN)CCN)c1=O. The van der Waals surface area contributed by atoms with Gasteiger partial charge in [0, 0.05) is 45.6 Å². The van der Waals surface area contributed by atoms with Crippen LogP contribution in [0.25, 0.3) is 0 Å². The summed E-state index contributed by atoms with van der Waals surface area (Å²) < 4.78 is 1.49. The average Bonchev–Trinajstić information content (AvgIpc) is 2.22. The number of aryl methyl sites for hydroxylation is 1. The van der Waals surface area contributed by atoms with E-state index in [2.05, 4.69) is 4.98 Å². The van der Waals surface area contributed by atoms with E-state index < -0.39 is 0 Å². The molecule has 0 fully saturated rings. The minimum Gasteiger partial charge on any atom is -0.349 e. The third-order valence-corrected chi connectivity index (χ3v) is 2.10. The second-order valence-corrected chi connectivity index (χ2v) is 3.23. The fourth-order valence-corrected chi connectivity index (χ4v) is 1.34. The predicted molar refractivity (Wildman–Crippen MR) is 59.8 cm³/mol. The van der Waals surface area contributed by atoms with Gasteiger partial charge in [-0.15, -0.1) is 0 Å². The van der Waals surface area contributed by atoms with Crippen molar-refractivity contribution < 1.29 is 0 Å². The highest BCUT2D eigenvalue weighted by molar-refractivity contribution is 5.35. The first-order valence-electron chi connectivity index (χ1n) is 4.87. The second-order valence-electron chi connectivity index (χ2n) is 3.23. The maximum atomic E-state index is 11.7. The van der Waals surface area contributed by atoms with Crippen molar-refractivity contribution >= 4 is 5.82 Å². The highest BCUT2D eigenvalue weighted by Crippen LogP contribution is 2.00. The molecule has 0 spiro atoms. The van der Waals surface area contributed by atoms with Crippen LogP contribution in [0.5, 0.6) is 0 Å². The molecule has 0 radical (unpaired) electrons. The Balaban J connectivity index is 2.99. The average molecular weight is 211 g/mol. The van der Waals surface area contributed by atoms with E-state index in [1.165, 1.54) is 4.57 Å². The lowest BCUT2D eigenvalue weighted by molar-refractivity contribution is 0.741. The molecule has 15 heavy (non-hydrogen) atoms. The number of hydrogen-bond donors (Lipinski definition) is 2. The molecule has 6 heteroatoms. The maximum absolute atomic E-state index is 11.7. The number of nitrogens with zero attached hydrogens (tertiary/aromatic N) is 3. The molecule has 1 rings (SSSR count). The normalized spacial score (nSPS) is 10.3. The minimum absolute atomic E-state index is 0.126. The van der Waals surface area contributed by atoms with Crippen molar-refractivity contribution in [3.8, 4) is 0 Å². The van der Waals surface area contributed by atoms with Crippen molar-refractivity contribution in [2.24, 2.45) is 18.5 Å². The largest absolute Gasteiger partial charge is 0.349 e. The van der Waals surface area contributed by atoms with E-state index in [0.717, 1.165) is 0 Å². The Bertz CT molecular complexity index is 356. The summed E-state index contributed by atoms with van der Waals surface area (Å²) in [6.45, 7) is 2.12. The molecule has 1 heterocycles. The molecule has 0 saturated carbocycles. The highest BCUT2D eigenvalue weighted by Gasteiger charge is 2.10. The summed E-state index contributed by atoms with van der Waals surface area (Å²) in [5, 5.41) is 0. The first-order chi connectivity index (χ1) is 7.20. The molecular weight excluding hydrogens is 194 g/mol. The molecular formula is C9H17N5O. The summed E-state index contributed by atoms with van der Waals surface area (Å²) >= 11 is 0. The van der Waals surface area contributed by atoms with E-state index in [9.17, 15) is 4.79 Å². The molecule has 0 atom stereocenters. The van der Waals surface area contributed by atoms with Crippen LogP contribution < -0.4 is 21.9 Å². The fraction of sp³-hybridized carbons (Fsp3) is 0.556. The Morgan fingerprint density at radius 2 is 2.00 bits per heavy atom. The zero-order valence-electron chi connectivity index (χ0n) is 8.89. The van der Waals surface area contributed by atoms with Crippen LogP contribution in [0.4, 0.5) is 5.82 Å². The summed E-state index contributed by atoms with van der Waals surface area (Å²) in [5.74, 6) is 0.413. The number of anilines is 1. The summed E-state index contributed by atoms with van der Waals surface area (Å²) in [6.07, 6.45) is 3.21. The van der Waals surface area contributed by atoms with Crippen LogP contribution in [0.1, 0.15) is 0 Å². The Kier molecular flexibility index (Phi) is 4.26. The van der Waals surface area contributed by atoms with Crippen LogP contribution in [0.15, 0.2) is 17.2 Å². The van der Waals surface area contributed by atoms with Gasteiger partial charge in [0.1, 0.15) is 0 Å². The van der Waals surface area contributed by atoms with Crippen molar-refractivity contribution in [1.82, 2.24) is 9.55 Å². The van der Waals surface area contributed by atoms with Gasteiger partial charge in [0.05, 0.1) is 0 Å². The Labute approximate surface area is 88.5 Å². The molecule has 1 aromatic heterocycles. The summed E-state index contributed by atoms with van der Waals surface area (Å²) in [7, 11) is 1.69. The van der Waals surface area contributed by atoms with Crippen LogP contribution in [0.2, 0.25) is 0 Å². The van der Waals surface area contributed by atoms with E-state index in [4.69, 9.17) is 11.5 Å². The van der Waals surface area contributed by atoms with Gasteiger partial charge < -0.3 is 20.9 Å². The van der Waals surface area contributed by atoms with Gasteiger partial charge in [-0.3, -0.25) is 4.79 Å². The lowest BCUT2D eigenvalue weighted by Crippen LogP contribution is -2.39. The Hall–Kier alpha value is -1.40. The first kappa shape index (κ1) is 11.7. The molecule has 4 N–H and O–H groups in total. The van der Waals surface area contributed by atoms with Crippen LogP contribution >= 0.6 is 0 Å². The molecule has 0 unspecified atom stereocenters. The summed E-state index contributed by atoms with van der Waals surface area (Å²) in [6, 6.07) is 0. The van der Waals surface area contributed by atoms with Crippen molar-refractivity contribution in [3.63, 3.8) is 0 Å². The van der Waals surface area contributed by atoms with Gasteiger partial charge in [-0.1, -0.05) is 0 Å². The molecule has 1 aromatic rings. The van der Waals surface area contributed by atoms with E-state index >= 15 is 0 Å². The molecule has 0 aliphatic heterocycles. The summed E-state index contributed by atoms with van der Waals surface area (Å²) in [4.78, 5) is 17.6. The van der Waals surface area contributed by atoms with Crippen molar-refractivity contribution in [1.29, 1.82) is 0 Å². The quantitative estimate of drug-likeness (QED) is 0.619. The smallest absolute Gasteiger partial charge is 0.293 e. The molecule has 0 amide bonds. The summed E-state index contributed by atoms with van der Waals surface area (Å²) in [5.41, 5.74) is 10.8. The van der Waals surface area contributed by atoms with Gasteiger partial charge >= 0.3 is 0 Å². The van der Waals surface area contributed by atoms with Gasteiger partial charge in [-0.25, -0.2) is 4.98 Å². The molecule has 0 aliphatic carbocycles. The van der Waals surface area contributed by atoms with E-state index in [1.807, 2.05) is 4.90 Å². The Morgan fingerprint density at radius 3 is 2.53 bits per heavy atom. The van der Waals surface area contributed by atoms with E-state index in [-0.39, 0.29) is 5.56 Å². The van der Waals surface area contributed by atoms with Crippen molar-refractivity contribution in [3.05, 3.63) is 22.7 Å². The highest BCUT2D eigenvalue weighted by atomic mass is 16.1. The first-order valence-corrected chi connectivity index (χ1v) is 4.87. The predicted octanol–water partition coefficient (Wildman–Crippen LogP) is -1.50. The fourth-order valence-electron chi connectivity index (χ4n) is 1.34. The van der Waals surface area contributed by atoms with Crippen molar-refractivity contribution in [2.45, 2.75) is 0 Å². The lowest BCUT2D eigenvalue weighted by atomic mass is 10.4. The van der Waals surface area contributed by atoms with Gasteiger partial charge in [0.15, 0.2) is 5.82 Å². The number of aromatic nitrogens is 2.